The molecule has 18 heavy (non-hydrogen) atoms. The smallest absolute Gasteiger partial charge is 0.109 e. The van der Waals surface area contributed by atoms with Crippen molar-refractivity contribution in [1.29, 1.82) is 0 Å². The van der Waals surface area contributed by atoms with E-state index in [0.29, 0.717) is 0 Å². The number of hydrogen-bond donors (Lipinski definition) is 1. The van der Waals surface area contributed by atoms with Crippen LogP contribution >= 0.6 is 11.3 Å². The largest absolute Gasteiger partial charge is 0.377 e. The zero-order valence-electron chi connectivity index (χ0n) is 11.1. The van der Waals surface area contributed by atoms with Gasteiger partial charge in [0.2, 0.25) is 0 Å². The van der Waals surface area contributed by atoms with E-state index in [-0.39, 0.29) is 18.2 Å². The van der Waals surface area contributed by atoms with Crippen LogP contribution in [-0.2, 0) is 16.0 Å². The Bertz CT molecular complexity index is 371. The van der Waals surface area contributed by atoms with Gasteiger partial charge in [-0.15, -0.1) is 11.3 Å². The minimum absolute atomic E-state index is 0.0146. The molecule has 2 N–H and O–H groups in total. The molecule has 2 heterocycles. The quantitative estimate of drug-likeness (QED) is 0.866. The fourth-order valence-corrected chi connectivity index (χ4v) is 3.00. The summed E-state index contributed by atoms with van der Waals surface area (Å²) in [7, 11) is 3.47. The molecule has 0 aliphatic carbocycles. The molecule has 1 aliphatic heterocycles. The van der Waals surface area contributed by atoms with Gasteiger partial charge in [-0.05, 0) is 6.92 Å². The van der Waals surface area contributed by atoms with Crippen molar-refractivity contribution < 1.29 is 9.47 Å². The van der Waals surface area contributed by atoms with E-state index in [2.05, 4.69) is 15.3 Å². The standard InChI is InChI=1S/C12H21N3O2S/c1-8(13)12-14-9(7-18-12)4-15-5-10(16-2)11(6-15)17-3/h7-8,10-11H,4-6,13H2,1-3H3. The van der Waals surface area contributed by atoms with E-state index >= 15 is 0 Å². The third-order valence-corrected chi connectivity index (χ3v) is 4.34. The van der Waals surface area contributed by atoms with Crippen LogP contribution in [0.1, 0.15) is 23.7 Å². The number of hydrogen-bond acceptors (Lipinski definition) is 6. The lowest BCUT2D eigenvalue weighted by atomic mass is 10.3. The highest BCUT2D eigenvalue weighted by Crippen LogP contribution is 2.21. The van der Waals surface area contributed by atoms with Crippen LogP contribution in [0.25, 0.3) is 0 Å². The molecule has 0 saturated carbocycles. The molecule has 0 aromatic carbocycles. The number of nitrogens with zero attached hydrogens (tertiary/aromatic N) is 2. The number of ether oxygens (including phenoxy) is 2. The molecule has 0 amide bonds. The summed E-state index contributed by atoms with van der Waals surface area (Å²) >= 11 is 1.63. The monoisotopic (exact) mass is 271 g/mol. The summed E-state index contributed by atoms with van der Waals surface area (Å²) in [5.41, 5.74) is 6.90. The minimum Gasteiger partial charge on any atom is -0.377 e. The van der Waals surface area contributed by atoms with Gasteiger partial charge in [0.15, 0.2) is 0 Å². The number of thiazole rings is 1. The lowest BCUT2D eigenvalue weighted by Gasteiger charge is -2.13. The fourth-order valence-electron chi connectivity index (χ4n) is 2.23. The van der Waals surface area contributed by atoms with Crippen LogP contribution in [0.15, 0.2) is 5.38 Å². The van der Waals surface area contributed by atoms with Crippen LogP contribution in [0.4, 0.5) is 0 Å². The molecule has 0 spiro atoms. The molecule has 1 saturated heterocycles. The first-order valence-electron chi connectivity index (χ1n) is 6.12. The van der Waals surface area contributed by atoms with Gasteiger partial charge in [0.05, 0.1) is 23.9 Å². The predicted octanol–water partition coefficient (Wildman–Crippen LogP) is 1.01. The first-order valence-corrected chi connectivity index (χ1v) is 6.99. The highest BCUT2D eigenvalue weighted by molar-refractivity contribution is 7.09. The van der Waals surface area contributed by atoms with E-state index in [1.165, 1.54) is 0 Å². The van der Waals surface area contributed by atoms with Gasteiger partial charge in [-0.3, -0.25) is 4.90 Å². The SMILES string of the molecule is COC1CN(Cc2csc(C(C)N)n2)CC1OC. The summed E-state index contributed by atoms with van der Waals surface area (Å²) in [4.78, 5) is 6.85. The van der Waals surface area contributed by atoms with Crippen LogP contribution in [-0.4, -0.2) is 49.4 Å². The van der Waals surface area contributed by atoms with Crippen molar-refractivity contribution in [2.24, 2.45) is 5.73 Å². The van der Waals surface area contributed by atoms with Crippen LogP contribution in [0, 0.1) is 0 Å². The summed E-state index contributed by atoms with van der Waals surface area (Å²) < 4.78 is 10.8. The first-order chi connectivity index (χ1) is 8.63. The number of aromatic nitrogens is 1. The van der Waals surface area contributed by atoms with Crippen molar-refractivity contribution in [3.8, 4) is 0 Å². The molecular weight excluding hydrogens is 250 g/mol. The van der Waals surface area contributed by atoms with Crippen LogP contribution in [0.3, 0.4) is 0 Å². The van der Waals surface area contributed by atoms with Crippen molar-refractivity contribution in [3.63, 3.8) is 0 Å². The third-order valence-electron chi connectivity index (χ3n) is 3.24. The minimum atomic E-state index is 0.0146. The molecule has 3 atom stereocenters. The average Bonchev–Trinajstić information content (AvgIpc) is 2.95. The van der Waals surface area contributed by atoms with Crippen molar-refractivity contribution in [3.05, 3.63) is 16.1 Å². The molecule has 1 fully saturated rings. The maximum atomic E-state index is 5.82. The Morgan fingerprint density at radius 1 is 1.44 bits per heavy atom. The van der Waals surface area contributed by atoms with Gasteiger partial charge >= 0.3 is 0 Å². The van der Waals surface area contributed by atoms with E-state index in [1.54, 1.807) is 25.6 Å². The maximum Gasteiger partial charge on any atom is 0.109 e. The molecule has 102 valence electrons. The van der Waals surface area contributed by atoms with E-state index in [0.717, 1.165) is 30.3 Å². The molecule has 1 aromatic rings. The normalized spacial score (nSPS) is 26.7. The molecule has 2 rings (SSSR count). The summed E-state index contributed by atoms with van der Waals surface area (Å²) in [6, 6.07) is 0.0146. The topological polar surface area (TPSA) is 60.6 Å². The summed E-state index contributed by atoms with van der Waals surface area (Å²) in [5, 5.41) is 3.08. The molecule has 3 unspecified atom stereocenters. The lowest BCUT2D eigenvalue weighted by molar-refractivity contribution is -0.00461. The Morgan fingerprint density at radius 2 is 2.06 bits per heavy atom. The van der Waals surface area contributed by atoms with Gasteiger partial charge in [-0.2, -0.15) is 0 Å². The van der Waals surface area contributed by atoms with Crippen LogP contribution in [0.2, 0.25) is 0 Å². The number of rotatable bonds is 5. The maximum absolute atomic E-state index is 5.82. The Hall–Kier alpha value is -0.530. The summed E-state index contributed by atoms with van der Waals surface area (Å²) in [6.07, 6.45) is 0.308. The molecule has 6 heteroatoms. The molecule has 5 nitrogen and oxygen atoms in total. The van der Waals surface area contributed by atoms with Crippen LogP contribution < -0.4 is 5.73 Å². The van der Waals surface area contributed by atoms with Crippen molar-refractivity contribution in [2.45, 2.75) is 31.7 Å². The molecule has 0 bridgehead atoms. The molecular formula is C12H21N3O2S. The zero-order valence-corrected chi connectivity index (χ0v) is 11.9. The zero-order chi connectivity index (χ0) is 13.1. The molecule has 0 radical (unpaired) electrons. The second-order valence-electron chi connectivity index (χ2n) is 4.71. The average molecular weight is 271 g/mol. The van der Waals surface area contributed by atoms with E-state index in [4.69, 9.17) is 15.2 Å². The van der Waals surface area contributed by atoms with E-state index in [1.807, 2.05) is 6.92 Å². The van der Waals surface area contributed by atoms with E-state index in [9.17, 15) is 0 Å². The Labute approximate surface area is 112 Å². The first kappa shape index (κ1) is 13.9. The van der Waals surface area contributed by atoms with Crippen LogP contribution in [0.5, 0.6) is 0 Å². The predicted molar refractivity (Wildman–Crippen MR) is 71.6 cm³/mol. The number of likely N-dealkylation sites (tertiary alicyclic amines) is 1. The number of methoxy groups -OCH3 is 2. The van der Waals surface area contributed by atoms with Crippen molar-refractivity contribution >= 4 is 11.3 Å². The second kappa shape index (κ2) is 6.08. The number of nitrogens with two attached hydrogens (primary N) is 1. The Kier molecular flexibility index (Phi) is 4.69. The highest BCUT2D eigenvalue weighted by atomic mass is 32.1. The van der Waals surface area contributed by atoms with Gasteiger partial charge in [0.1, 0.15) is 5.01 Å². The van der Waals surface area contributed by atoms with Gasteiger partial charge in [0, 0.05) is 39.2 Å². The second-order valence-corrected chi connectivity index (χ2v) is 5.60. The highest BCUT2D eigenvalue weighted by Gasteiger charge is 2.33. The fraction of sp³-hybridized carbons (Fsp3) is 0.750. The lowest BCUT2D eigenvalue weighted by Crippen LogP contribution is -2.27. The summed E-state index contributed by atoms with van der Waals surface area (Å²) in [5.74, 6) is 0. The van der Waals surface area contributed by atoms with E-state index < -0.39 is 0 Å². The third kappa shape index (κ3) is 3.07. The molecule has 1 aliphatic rings. The Morgan fingerprint density at radius 3 is 2.50 bits per heavy atom. The summed E-state index contributed by atoms with van der Waals surface area (Å²) in [6.45, 7) is 4.57. The van der Waals surface area contributed by atoms with Gasteiger partial charge in [-0.25, -0.2) is 4.98 Å². The van der Waals surface area contributed by atoms with Crippen molar-refractivity contribution in [2.75, 3.05) is 27.3 Å². The molecule has 1 aromatic heterocycles. The van der Waals surface area contributed by atoms with Crippen molar-refractivity contribution in [1.82, 2.24) is 9.88 Å². The van der Waals surface area contributed by atoms with Gasteiger partial charge < -0.3 is 15.2 Å². The van der Waals surface area contributed by atoms with Gasteiger partial charge in [0.25, 0.3) is 0 Å². The van der Waals surface area contributed by atoms with Gasteiger partial charge in [-0.1, -0.05) is 0 Å². The Balaban J connectivity index is 1.93.